The van der Waals surface area contributed by atoms with Crippen molar-refractivity contribution in [2.75, 3.05) is 5.32 Å². The highest BCUT2D eigenvalue weighted by molar-refractivity contribution is 5.96. The van der Waals surface area contributed by atoms with Gasteiger partial charge in [0.15, 0.2) is 5.76 Å². The van der Waals surface area contributed by atoms with Crippen molar-refractivity contribution in [3.8, 4) is 17.4 Å². The molecule has 0 aliphatic rings. The molecule has 0 bridgehead atoms. The van der Waals surface area contributed by atoms with Gasteiger partial charge in [-0.25, -0.2) is 9.78 Å². The molecule has 28 heavy (non-hydrogen) atoms. The number of oxazole rings is 1. The second kappa shape index (κ2) is 7.99. The quantitative estimate of drug-likeness (QED) is 0.634. The molecule has 2 aromatic heterocycles. The molecule has 3 aromatic rings. The first-order valence-electron chi connectivity index (χ1n) is 8.67. The molecule has 0 radical (unpaired) electrons. The summed E-state index contributed by atoms with van der Waals surface area (Å²) in [6.45, 7) is 5.39. The summed E-state index contributed by atoms with van der Waals surface area (Å²) in [6, 6.07) is 7.74. The number of nitrogens with one attached hydrogen (secondary N) is 1. The fraction of sp³-hybridized carbons (Fsp3) is 0.250. The summed E-state index contributed by atoms with van der Waals surface area (Å²) < 4.78 is 16.5. The van der Waals surface area contributed by atoms with Crippen molar-refractivity contribution in [2.24, 2.45) is 0 Å². The molecule has 0 saturated heterocycles. The molecule has 0 fully saturated rings. The van der Waals surface area contributed by atoms with Crippen molar-refractivity contribution in [1.82, 2.24) is 4.98 Å². The van der Waals surface area contributed by atoms with Crippen molar-refractivity contribution in [1.29, 1.82) is 0 Å². The van der Waals surface area contributed by atoms with Crippen LogP contribution in [0.3, 0.4) is 0 Å². The Hall–Kier alpha value is -3.55. The Balaban J connectivity index is 1.79. The van der Waals surface area contributed by atoms with E-state index in [1.54, 1.807) is 19.1 Å². The number of anilines is 1. The molecule has 2 N–H and O–H groups in total. The standard InChI is InChI=1S/C20H20N2O6/c1-11(2)27-16-7-6-13(20(24)25)9-15(16)21-18(23)10-14-12(3)28-19(22-14)17-5-4-8-26-17/h4-9,11H,10H2,1-3H3,(H,21,23)(H,24,25). The Bertz CT molecular complexity index is 988. The highest BCUT2D eigenvalue weighted by Gasteiger charge is 2.18. The van der Waals surface area contributed by atoms with Crippen molar-refractivity contribution in [3.63, 3.8) is 0 Å². The zero-order valence-electron chi connectivity index (χ0n) is 15.7. The van der Waals surface area contributed by atoms with Gasteiger partial charge in [0.25, 0.3) is 5.89 Å². The number of aromatic nitrogens is 1. The van der Waals surface area contributed by atoms with Crippen molar-refractivity contribution in [3.05, 3.63) is 53.6 Å². The predicted octanol–water partition coefficient (Wildman–Crippen LogP) is 3.91. The van der Waals surface area contributed by atoms with Gasteiger partial charge in [-0.05, 0) is 51.1 Å². The monoisotopic (exact) mass is 384 g/mol. The fourth-order valence-electron chi connectivity index (χ4n) is 2.56. The summed E-state index contributed by atoms with van der Waals surface area (Å²) in [7, 11) is 0. The maximum atomic E-state index is 12.5. The highest BCUT2D eigenvalue weighted by Crippen LogP contribution is 2.28. The first-order chi connectivity index (χ1) is 13.3. The Morgan fingerprint density at radius 2 is 2.07 bits per heavy atom. The van der Waals surface area contributed by atoms with E-state index in [9.17, 15) is 14.7 Å². The number of carboxylic acid groups (broad SMARTS) is 1. The van der Waals surface area contributed by atoms with E-state index in [1.165, 1.54) is 24.5 Å². The number of furan rings is 1. The lowest BCUT2D eigenvalue weighted by molar-refractivity contribution is -0.115. The topological polar surface area (TPSA) is 115 Å². The molecular weight excluding hydrogens is 364 g/mol. The summed E-state index contributed by atoms with van der Waals surface area (Å²) >= 11 is 0. The molecule has 146 valence electrons. The fourth-order valence-corrected chi connectivity index (χ4v) is 2.56. The van der Waals surface area contributed by atoms with E-state index in [1.807, 2.05) is 13.8 Å². The third-order valence-corrected chi connectivity index (χ3v) is 3.82. The van der Waals surface area contributed by atoms with Crippen LogP contribution in [0.15, 0.2) is 45.4 Å². The van der Waals surface area contributed by atoms with E-state index in [0.717, 1.165) is 0 Å². The van der Waals surface area contributed by atoms with Crippen molar-refractivity contribution >= 4 is 17.6 Å². The predicted molar refractivity (Wildman–Crippen MR) is 100 cm³/mol. The van der Waals surface area contributed by atoms with Gasteiger partial charge < -0.3 is 24.0 Å². The van der Waals surface area contributed by atoms with E-state index < -0.39 is 5.97 Å². The zero-order chi connectivity index (χ0) is 20.3. The molecule has 2 heterocycles. The normalized spacial score (nSPS) is 10.9. The lowest BCUT2D eigenvalue weighted by atomic mass is 10.1. The number of amides is 1. The number of carboxylic acids is 1. The lowest BCUT2D eigenvalue weighted by Gasteiger charge is -2.15. The number of hydrogen-bond donors (Lipinski definition) is 2. The van der Waals surface area contributed by atoms with Gasteiger partial charge in [-0.2, -0.15) is 0 Å². The molecular formula is C20H20N2O6. The number of nitrogens with zero attached hydrogens (tertiary/aromatic N) is 1. The van der Waals surface area contributed by atoms with Gasteiger partial charge in [-0.15, -0.1) is 0 Å². The number of ether oxygens (including phenoxy) is 1. The van der Waals surface area contributed by atoms with Gasteiger partial charge in [-0.3, -0.25) is 4.79 Å². The molecule has 0 atom stereocenters. The molecule has 8 nitrogen and oxygen atoms in total. The molecule has 8 heteroatoms. The molecule has 0 spiro atoms. The number of aryl methyl sites for hydroxylation is 1. The van der Waals surface area contributed by atoms with E-state index in [-0.39, 0.29) is 29.7 Å². The summed E-state index contributed by atoms with van der Waals surface area (Å²) in [4.78, 5) is 28.1. The van der Waals surface area contributed by atoms with Crippen LogP contribution >= 0.6 is 0 Å². The Kier molecular flexibility index (Phi) is 5.49. The molecule has 3 rings (SSSR count). The zero-order valence-corrected chi connectivity index (χ0v) is 15.7. The molecule has 1 amide bonds. The number of carbonyl (C=O) groups excluding carboxylic acids is 1. The third-order valence-electron chi connectivity index (χ3n) is 3.82. The number of hydrogen-bond acceptors (Lipinski definition) is 6. The molecule has 0 saturated carbocycles. The smallest absolute Gasteiger partial charge is 0.335 e. The van der Waals surface area contributed by atoms with Gasteiger partial charge in [0.1, 0.15) is 11.5 Å². The second-order valence-electron chi connectivity index (χ2n) is 6.41. The van der Waals surface area contributed by atoms with E-state index in [4.69, 9.17) is 13.6 Å². The van der Waals surface area contributed by atoms with Crippen LogP contribution in [0.4, 0.5) is 5.69 Å². The number of carbonyl (C=O) groups is 2. The average Bonchev–Trinajstić information content (AvgIpc) is 3.26. The summed E-state index contributed by atoms with van der Waals surface area (Å²) in [5.41, 5.74) is 0.791. The minimum Gasteiger partial charge on any atom is -0.489 e. The average molecular weight is 384 g/mol. The van der Waals surface area contributed by atoms with Crippen LogP contribution in [0, 0.1) is 6.92 Å². The summed E-state index contributed by atoms with van der Waals surface area (Å²) in [5, 5.41) is 11.9. The van der Waals surface area contributed by atoms with Crippen molar-refractivity contribution < 1.29 is 28.3 Å². The van der Waals surface area contributed by atoms with Gasteiger partial charge in [0, 0.05) is 0 Å². The minimum atomic E-state index is -1.10. The Labute approximate surface area is 161 Å². The maximum Gasteiger partial charge on any atom is 0.335 e. The molecule has 0 unspecified atom stereocenters. The first kappa shape index (κ1) is 19.2. The second-order valence-corrected chi connectivity index (χ2v) is 6.41. The summed E-state index contributed by atoms with van der Waals surface area (Å²) in [6.07, 6.45) is 1.32. The SMILES string of the molecule is Cc1oc(-c2ccco2)nc1CC(=O)Nc1cc(C(=O)O)ccc1OC(C)C. The Morgan fingerprint density at radius 1 is 1.29 bits per heavy atom. The van der Waals surface area contributed by atoms with Gasteiger partial charge >= 0.3 is 5.97 Å². The first-order valence-corrected chi connectivity index (χ1v) is 8.67. The van der Waals surface area contributed by atoms with Gasteiger partial charge in [0.05, 0.1) is 35.7 Å². The summed E-state index contributed by atoms with van der Waals surface area (Å²) in [5.74, 6) is 0.181. The van der Waals surface area contributed by atoms with Gasteiger partial charge in [-0.1, -0.05) is 0 Å². The van der Waals surface area contributed by atoms with E-state index in [0.29, 0.717) is 28.9 Å². The van der Waals surface area contributed by atoms with Crippen LogP contribution in [0.5, 0.6) is 5.75 Å². The van der Waals surface area contributed by atoms with Crippen LogP contribution in [-0.2, 0) is 11.2 Å². The van der Waals surface area contributed by atoms with Crippen LogP contribution in [0.1, 0.15) is 35.7 Å². The minimum absolute atomic E-state index is 0.0455. The third kappa shape index (κ3) is 4.40. The van der Waals surface area contributed by atoms with E-state index in [2.05, 4.69) is 10.3 Å². The van der Waals surface area contributed by atoms with Crippen LogP contribution in [-0.4, -0.2) is 28.1 Å². The lowest BCUT2D eigenvalue weighted by Crippen LogP contribution is -2.17. The largest absolute Gasteiger partial charge is 0.489 e. The van der Waals surface area contributed by atoms with E-state index >= 15 is 0 Å². The molecule has 0 aliphatic carbocycles. The van der Waals surface area contributed by atoms with Crippen LogP contribution in [0.25, 0.3) is 11.7 Å². The van der Waals surface area contributed by atoms with Gasteiger partial charge in [0.2, 0.25) is 5.91 Å². The number of aromatic carboxylic acids is 1. The maximum absolute atomic E-state index is 12.5. The highest BCUT2D eigenvalue weighted by atomic mass is 16.5. The molecule has 1 aromatic carbocycles. The number of rotatable bonds is 7. The Morgan fingerprint density at radius 3 is 2.71 bits per heavy atom. The van der Waals surface area contributed by atoms with Crippen molar-refractivity contribution in [2.45, 2.75) is 33.3 Å². The van der Waals surface area contributed by atoms with Crippen LogP contribution in [0.2, 0.25) is 0 Å². The number of benzene rings is 1. The van der Waals surface area contributed by atoms with Crippen LogP contribution < -0.4 is 10.1 Å². The molecule has 0 aliphatic heterocycles.